The van der Waals surface area contributed by atoms with Crippen LogP contribution in [0, 0.1) is 0 Å². The summed E-state index contributed by atoms with van der Waals surface area (Å²) in [5.74, 6) is 1.68. The van der Waals surface area contributed by atoms with E-state index < -0.39 is 0 Å². The molecule has 1 amide bonds. The first kappa shape index (κ1) is 18.0. The second kappa shape index (κ2) is 8.08. The first-order chi connectivity index (χ1) is 13.7. The minimum absolute atomic E-state index is 0.145. The highest BCUT2D eigenvalue weighted by Crippen LogP contribution is 2.40. The fourth-order valence-electron chi connectivity index (χ4n) is 3.28. The zero-order valence-electron chi connectivity index (χ0n) is 15.7. The maximum absolute atomic E-state index is 12.2. The molecule has 1 aromatic heterocycles. The lowest BCUT2D eigenvalue weighted by atomic mass is 10.1. The van der Waals surface area contributed by atoms with Gasteiger partial charge in [-0.2, -0.15) is 0 Å². The maximum atomic E-state index is 12.2. The molecule has 2 aromatic carbocycles. The molecule has 2 heterocycles. The molecule has 2 N–H and O–H groups in total. The predicted octanol–water partition coefficient (Wildman–Crippen LogP) is 3.32. The van der Waals surface area contributed by atoms with Crippen LogP contribution in [-0.2, 0) is 11.2 Å². The number of aromatic nitrogens is 1. The summed E-state index contributed by atoms with van der Waals surface area (Å²) < 4.78 is 16.6. The summed E-state index contributed by atoms with van der Waals surface area (Å²) in [4.78, 5) is 15.4. The van der Waals surface area contributed by atoms with Crippen molar-refractivity contribution in [1.82, 2.24) is 10.3 Å². The van der Waals surface area contributed by atoms with Gasteiger partial charge in [0.2, 0.25) is 11.7 Å². The van der Waals surface area contributed by atoms with Crippen LogP contribution in [0.25, 0.3) is 17.0 Å². The van der Waals surface area contributed by atoms with E-state index in [1.54, 1.807) is 13.2 Å². The molecule has 0 saturated carbocycles. The first-order valence-electron chi connectivity index (χ1n) is 9.23. The number of benzene rings is 2. The zero-order chi connectivity index (χ0) is 19.3. The monoisotopic (exact) mass is 378 g/mol. The third-order valence-corrected chi connectivity index (χ3v) is 4.65. The van der Waals surface area contributed by atoms with Gasteiger partial charge >= 0.3 is 0 Å². The molecule has 3 aromatic rings. The zero-order valence-corrected chi connectivity index (χ0v) is 15.7. The summed E-state index contributed by atoms with van der Waals surface area (Å²) in [6, 6.07) is 11.8. The highest BCUT2D eigenvalue weighted by Gasteiger charge is 2.17. The van der Waals surface area contributed by atoms with Gasteiger partial charge in [0.1, 0.15) is 13.2 Å². The molecule has 28 heavy (non-hydrogen) atoms. The van der Waals surface area contributed by atoms with E-state index in [0.29, 0.717) is 37.0 Å². The van der Waals surface area contributed by atoms with E-state index in [2.05, 4.69) is 16.4 Å². The van der Waals surface area contributed by atoms with E-state index in [4.69, 9.17) is 14.2 Å². The van der Waals surface area contributed by atoms with Gasteiger partial charge in [0.25, 0.3) is 0 Å². The van der Waals surface area contributed by atoms with Crippen LogP contribution in [0.5, 0.6) is 17.2 Å². The van der Waals surface area contributed by atoms with Crippen molar-refractivity contribution in [2.45, 2.75) is 6.42 Å². The number of methoxy groups -OCH3 is 1. The Hall–Kier alpha value is -3.41. The van der Waals surface area contributed by atoms with E-state index in [-0.39, 0.29) is 5.91 Å². The molecule has 4 rings (SSSR count). The van der Waals surface area contributed by atoms with E-state index in [1.807, 2.05) is 36.5 Å². The highest BCUT2D eigenvalue weighted by atomic mass is 16.6. The van der Waals surface area contributed by atoms with Crippen molar-refractivity contribution in [1.29, 1.82) is 0 Å². The Kier molecular flexibility index (Phi) is 5.19. The molecule has 0 radical (unpaired) electrons. The Morgan fingerprint density at radius 1 is 1.25 bits per heavy atom. The average molecular weight is 378 g/mol. The quantitative estimate of drug-likeness (QED) is 0.646. The number of rotatable bonds is 6. The summed E-state index contributed by atoms with van der Waals surface area (Å²) in [5, 5.41) is 4.11. The lowest BCUT2D eigenvalue weighted by Gasteiger charge is -2.20. The fraction of sp³-hybridized carbons (Fsp3) is 0.227. The fourth-order valence-corrected chi connectivity index (χ4v) is 3.28. The third-order valence-electron chi connectivity index (χ3n) is 4.65. The number of hydrogen-bond donors (Lipinski definition) is 2. The average Bonchev–Trinajstić information content (AvgIpc) is 3.15. The largest absolute Gasteiger partial charge is 0.493 e. The number of aromatic amines is 1. The SMILES string of the molecule is COc1cc(/C=C/C(=O)NCCc2c[nH]c3ccccc23)cc2c1OCCO2. The molecule has 144 valence electrons. The molecule has 0 unspecified atom stereocenters. The summed E-state index contributed by atoms with van der Waals surface area (Å²) >= 11 is 0. The molecule has 0 bridgehead atoms. The van der Waals surface area contributed by atoms with Crippen molar-refractivity contribution in [2.24, 2.45) is 0 Å². The number of carbonyl (C=O) groups is 1. The van der Waals surface area contributed by atoms with Gasteiger partial charge in [0.05, 0.1) is 7.11 Å². The normalized spacial score (nSPS) is 13.0. The van der Waals surface area contributed by atoms with Crippen LogP contribution < -0.4 is 19.5 Å². The summed E-state index contributed by atoms with van der Waals surface area (Å²) in [6.07, 6.45) is 6.01. The number of H-pyrrole nitrogens is 1. The van der Waals surface area contributed by atoms with Crippen molar-refractivity contribution in [3.05, 3.63) is 59.8 Å². The Balaban J connectivity index is 1.36. The van der Waals surface area contributed by atoms with E-state index in [9.17, 15) is 4.79 Å². The molecule has 1 aliphatic rings. The van der Waals surface area contributed by atoms with Gasteiger partial charge < -0.3 is 24.5 Å². The Morgan fingerprint density at radius 3 is 3.00 bits per heavy atom. The number of nitrogens with one attached hydrogen (secondary N) is 2. The molecule has 1 aliphatic heterocycles. The van der Waals surface area contributed by atoms with E-state index >= 15 is 0 Å². The Bertz CT molecular complexity index is 1010. The summed E-state index contributed by atoms with van der Waals surface area (Å²) in [7, 11) is 1.58. The molecular formula is C22H22N2O4. The molecule has 6 heteroatoms. The van der Waals surface area contributed by atoms with Crippen molar-refractivity contribution >= 4 is 22.9 Å². The minimum Gasteiger partial charge on any atom is -0.493 e. The van der Waals surface area contributed by atoms with Crippen LogP contribution in [0.3, 0.4) is 0 Å². The topological polar surface area (TPSA) is 72.6 Å². The molecule has 6 nitrogen and oxygen atoms in total. The van der Waals surface area contributed by atoms with Gasteiger partial charge in [0.15, 0.2) is 11.5 Å². The van der Waals surface area contributed by atoms with Gasteiger partial charge in [-0.25, -0.2) is 0 Å². The number of fused-ring (bicyclic) bond motifs is 2. The smallest absolute Gasteiger partial charge is 0.244 e. The van der Waals surface area contributed by atoms with Crippen LogP contribution in [0.15, 0.2) is 48.7 Å². The number of para-hydroxylation sites is 1. The van der Waals surface area contributed by atoms with Crippen LogP contribution in [-0.4, -0.2) is 37.8 Å². The second-order valence-corrected chi connectivity index (χ2v) is 6.48. The van der Waals surface area contributed by atoms with Crippen LogP contribution in [0.1, 0.15) is 11.1 Å². The molecule has 0 fully saturated rings. The first-order valence-corrected chi connectivity index (χ1v) is 9.23. The minimum atomic E-state index is -0.145. The van der Waals surface area contributed by atoms with Crippen molar-refractivity contribution in [2.75, 3.05) is 26.9 Å². The molecular weight excluding hydrogens is 356 g/mol. The summed E-state index contributed by atoms with van der Waals surface area (Å²) in [5.41, 5.74) is 3.11. The van der Waals surface area contributed by atoms with Crippen molar-refractivity contribution in [3.63, 3.8) is 0 Å². The van der Waals surface area contributed by atoms with E-state index in [0.717, 1.165) is 17.5 Å². The van der Waals surface area contributed by atoms with Crippen LogP contribution in [0.4, 0.5) is 0 Å². The molecule has 0 saturated heterocycles. The van der Waals surface area contributed by atoms with Crippen molar-refractivity contribution < 1.29 is 19.0 Å². The van der Waals surface area contributed by atoms with Gasteiger partial charge in [-0.1, -0.05) is 18.2 Å². The van der Waals surface area contributed by atoms with Gasteiger partial charge in [-0.05, 0) is 41.8 Å². The van der Waals surface area contributed by atoms with Crippen molar-refractivity contribution in [3.8, 4) is 17.2 Å². The number of carbonyl (C=O) groups excluding carboxylic acids is 1. The Morgan fingerprint density at radius 2 is 2.11 bits per heavy atom. The standard InChI is InChI=1S/C22H22N2O4/c1-26-19-12-15(13-20-22(19)28-11-10-27-20)6-7-21(25)23-9-8-16-14-24-18-5-3-2-4-17(16)18/h2-7,12-14,24H,8-11H2,1H3,(H,23,25)/b7-6+. The molecule has 0 atom stereocenters. The lowest BCUT2D eigenvalue weighted by molar-refractivity contribution is -0.116. The highest BCUT2D eigenvalue weighted by molar-refractivity contribution is 5.92. The predicted molar refractivity (Wildman–Crippen MR) is 108 cm³/mol. The van der Waals surface area contributed by atoms with Gasteiger partial charge in [0, 0.05) is 29.7 Å². The Labute approximate surface area is 163 Å². The van der Waals surface area contributed by atoms with Gasteiger partial charge in [-0.15, -0.1) is 0 Å². The van der Waals surface area contributed by atoms with E-state index in [1.165, 1.54) is 17.0 Å². The van der Waals surface area contributed by atoms with Gasteiger partial charge in [-0.3, -0.25) is 4.79 Å². The third kappa shape index (κ3) is 3.81. The number of hydrogen-bond acceptors (Lipinski definition) is 4. The molecule has 0 spiro atoms. The lowest BCUT2D eigenvalue weighted by Crippen LogP contribution is -2.23. The number of amides is 1. The molecule has 0 aliphatic carbocycles. The second-order valence-electron chi connectivity index (χ2n) is 6.48. The number of ether oxygens (including phenoxy) is 3. The summed E-state index contributed by atoms with van der Waals surface area (Å²) in [6.45, 7) is 1.56. The van der Waals surface area contributed by atoms with Crippen LogP contribution >= 0.6 is 0 Å². The maximum Gasteiger partial charge on any atom is 0.244 e. The van der Waals surface area contributed by atoms with Crippen LogP contribution in [0.2, 0.25) is 0 Å².